The molecule has 0 amide bonds. The molecule has 0 aromatic heterocycles. The molecule has 0 unspecified atom stereocenters. The lowest BCUT2D eigenvalue weighted by atomic mass is 9.68. The van der Waals surface area contributed by atoms with Crippen molar-refractivity contribution < 1.29 is 15.3 Å². The van der Waals surface area contributed by atoms with Crippen LogP contribution in [0.1, 0.15) is 171 Å². The molecule has 0 saturated carbocycles. The van der Waals surface area contributed by atoms with E-state index >= 15 is 0 Å². The summed E-state index contributed by atoms with van der Waals surface area (Å²) in [6, 6.07) is 32.5. The first-order valence-electron chi connectivity index (χ1n) is 27.6. The second kappa shape index (κ2) is 23.6. The van der Waals surface area contributed by atoms with Crippen LogP contribution in [-0.2, 0) is 35.5 Å². The smallest absolute Gasteiger partial charge is 0.121 e. The first-order chi connectivity index (χ1) is 33.0. The number of hydrogen-bond donors (Lipinski definition) is 3. The molecule has 6 heteroatoms. The van der Waals surface area contributed by atoms with Crippen molar-refractivity contribution in [3.8, 4) is 17.2 Å². The second-order valence-corrected chi connectivity index (χ2v) is 45.3. The van der Waals surface area contributed by atoms with Crippen LogP contribution in [0.25, 0.3) is 0 Å². The molecule has 3 N–H and O–H groups in total. The van der Waals surface area contributed by atoms with Crippen LogP contribution in [-0.4, -0.2) is 39.5 Å². The molecular weight excluding hydrogens is 937 g/mol. The van der Waals surface area contributed by atoms with Crippen LogP contribution in [0.2, 0.25) is 60.9 Å². The van der Waals surface area contributed by atoms with Crippen LogP contribution in [0.3, 0.4) is 0 Å². The SMILES string of the molecule is CC(C)(C)c1cc(O)c(C(C)(C)C)c(C(C)(C)C)c1CC[Si](c1ccccc1)(C(C)(C)C)C(C)(C)C.Cc1cc(CC[Si](C)(C)C)c(C)c(C)c1O.Cc1cc(CC[Si](C)(C)c2ccccc2)c(C)c(C)c1O. The summed E-state index contributed by atoms with van der Waals surface area (Å²) in [7, 11) is -4.43. The van der Waals surface area contributed by atoms with Crippen LogP contribution in [0.4, 0.5) is 0 Å². The van der Waals surface area contributed by atoms with Gasteiger partial charge in [0.25, 0.3) is 0 Å². The molecule has 0 atom stereocenters. The van der Waals surface area contributed by atoms with Crippen molar-refractivity contribution in [2.75, 3.05) is 0 Å². The van der Waals surface area contributed by atoms with E-state index in [9.17, 15) is 15.3 Å². The zero-order valence-corrected chi connectivity index (χ0v) is 54.6. The predicted molar refractivity (Wildman–Crippen MR) is 333 cm³/mol. The maximum atomic E-state index is 11.4. The van der Waals surface area contributed by atoms with Gasteiger partial charge in [-0.3, -0.25) is 0 Å². The van der Waals surface area contributed by atoms with Crippen molar-refractivity contribution in [1.29, 1.82) is 0 Å². The van der Waals surface area contributed by atoms with Crippen LogP contribution in [0, 0.1) is 41.5 Å². The Morgan fingerprint density at radius 3 is 1.15 bits per heavy atom. The number of benzene rings is 5. The maximum absolute atomic E-state index is 11.4. The van der Waals surface area contributed by atoms with Crippen molar-refractivity contribution in [3.05, 3.63) is 146 Å². The standard InChI is InChI=1S/C34H56OSi.C19H26OSi.C14H24OSi/c1-30(2,3)26-23-27(35)29(32(7,8)9)28(31(4,5)6)25(26)21-22-36(33(10,11)12,34(13,14)15)24-19-17-16-18-20-24;1-14-13-17(15(2)16(3)19(14)20)11-12-21(4,5)18-9-7-6-8-10-18;1-10-9-13(7-8-16(4,5)6)11(2)12(3)14(10)15/h16-20,23,35H,21-22H2,1-15H3;6-10,13,20H,11-12H2,1-5H3;9,15H,7-8H2,1-6H3. The largest absolute Gasteiger partial charge is 0.508 e. The summed E-state index contributed by atoms with van der Waals surface area (Å²) in [5.74, 6) is 1.38. The maximum Gasteiger partial charge on any atom is 0.121 e. The van der Waals surface area contributed by atoms with Crippen LogP contribution >= 0.6 is 0 Å². The Bertz CT molecular complexity index is 2600. The van der Waals surface area contributed by atoms with Crippen LogP contribution in [0.5, 0.6) is 17.2 Å². The van der Waals surface area contributed by atoms with Gasteiger partial charge >= 0.3 is 0 Å². The molecule has 0 fully saturated rings. The summed E-state index contributed by atoms with van der Waals surface area (Å²) in [4.78, 5) is 0. The van der Waals surface area contributed by atoms with E-state index in [0.29, 0.717) is 17.2 Å². The number of phenols is 3. The third-order valence-electron chi connectivity index (χ3n) is 16.3. The highest BCUT2D eigenvalue weighted by Crippen LogP contribution is 2.54. The van der Waals surface area contributed by atoms with Gasteiger partial charge in [-0.2, -0.15) is 0 Å². The minimum Gasteiger partial charge on any atom is -0.508 e. The summed E-state index contributed by atoms with van der Waals surface area (Å²) < 4.78 is 0. The molecule has 0 saturated heterocycles. The minimum atomic E-state index is -2.06. The molecule has 404 valence electrons. The minimum absolute atomic E-state index is 0.0519. The van der Waals surface area contributed by atoms with E-state index in [0.717, 1.165) is 47.1 Å². The van der Waals surface area contributed by atoms with Gasteiger partial charge < -0.3 is 15.3 Å². The second-order valence-electron chi connectivity index (χ2n) is 28.9. The average Bonchev–Trinajstić information content (AvgIpc) is 3.25. The fourth-order valence-corrected chi connectivity index (χ4v) is 22.4. The van der Waals surface area contributed by atoms with E-state index in [1.54, 1.807) is 5.19 Å². The highest BCUT2D eigenvalue weighted by atomic mass is 28.3. The number of phenolic OH excluding ortho intramolecular Hbond substituents is 3. The molecule has 0 radical (unpaired) electrons. The van der Waals surface area contributed by atoms with Crippen molar-refractivity contribution in [2.24, 2.45) is 0 Å². The lowest BCUT2D eigenvalue weighted by Crippen LogP contribution is -2.61. The molecule has 5 rings (SSSR count). The molecule has 0 aliphatic carbocycles. The van der Waals surface area contributed by atoms with Gasteiger partial charge in [0.1, 0.15) is 17.2 Å². The summed E-state index contributed by atoms with van der Waals surface area (Å²) in [6.45, 7) is 59.8. The average molecular weight is 1040 g/mol. The van der Waals surface area contributed by atoms with Gasteiger partial charge in [-0.25, -0.2) is 0 Å². The molecule has 5 aromatic carbocycles. The number of aryl methyl sites for hydroxylation is 4. The van der Waals surface area contributed by atoms with E-state index in [2.05, 4.69) is 229 Å². The monoisotopic (exact) mass is 1040 g/mol. The van der Waals surface area contributed by atoms with E-state index < -0.39 is 24.2 Å². The molecule has 73 heavy (non-hydrogen) atoms. The zero-order chi connectivity index (χ0) is 56.2. The number of rotatable bonds is 11. The van der Waals surface area contributed by atoms with E-state index in [1.165, 1.54) is 62.3 Å². The van der Waals surface area contributed by atoms with Crippen molar-refractivity contribution in [1.82, 2.24) is 0 Å². The third-order valence-corrected chi connectivity index (χ3v) is 28.9. The summed E-state index contributed by atoms with van der Waals surface area (Å²) in [6.07, 6.45) is 3.30. The Labute approximate surface area is 452 Å². The van der Waals surface area contributed by atoms with Gasteiger partial charge in [-0.1, -0.05) is 226 Å². The molecule has 0 aliphatic rings. The first kappa shape index (κ1) is 63.4. The van der Waals surface area contributed by atoms with Crippen LogP contribution in [0.15, 0.2) is 78.9 Å². The highest BCUT2D eigenvalue weighted by Gasteiger charge is 2.53. The molecule has 5 aromatic rings. The Morgan fingerprint density at radius 2 is 0.795 bits per heavy atom. The van der Waals surface area contributed by atoms with Gasteiger partial charge in [0, 0.05) is 13.6 Å². The van der Waals surface area contributed by atoms with Crippen molar-refractivity contribution in [3.63, 3.8) is 0 Å². The van der Waals surface area contributed by atoms with Gasteiger partial charge in [0.05, 0.1) is 16.1 Å². The van der Waals surface area contributed by atoms with E-state index in [1.807, 2.05) is 27.7 Å². The molecular formula is C67H106O3Si3. The van der Waals surface area contributed by atoms with Gasteiger partial charge in [-0.15, -0.1) is 0 Å². The lowest BCUT2D eigenvalue weighted by Gasteiger charge is -2.53. The van der Waals surface area contributed by atoms with Crippen molar-refractivity contribution in [2.45, 2.75) is 242 Å². The Balaban J connectivity index is 0.000000319. The van der Waals surface area contributed by atoms with E-state index in [-0.39, 0.29) is 26.3 Å². The number of aromatic hydroxyl groups is 3. The summed E-state index contributed by atoms with van der Waals surface area (Å²) in [5, 5.41) is 34.8. The third kappa shape index (κ3) is 15.6. The van der Waals surface area contributed by atoms with Crippen LogP contribution < -0.4 is 10.4 Å². The van der Waals surface area contributed by atoms with E-state index in [4.69, 9.17) is 0 Å². The molecule has 0 aliphatic heterocycles. The first-order valence-corrected chi connectivity index (χ1v) is 36.7. The normalized spacial score (nSPS) is 13.0. The topological polar surface area (TPSA) is 60.7 Å². The fraction of sp³-hybridized carbons (Fsp3) is 0.552. The lowest BCUT2D eigenvalue weighted by molar-refractivity contribution is 0.428. The van der Waals surface area contributed by atoms with Gasteiger partial charge in [0.15, 0.2) is 0 Å². The molecule has 0 bridgehead atoms. The zero-order valence-electron chi connectivity index (χ0n) is 51.6. The summed E-state index contributed by atoms with van der Waals surface area (Å²) in [5.41, 5.74) is 14.4. The highest BCUT2D eigenvalue weighted by molar-refractivity contribution is 6.96. The Kier molecular flexibility index (Phi) is 20.5. The Hall–Kier alpha value is -3.85. The molecule has 0 spiro atoms. The quantitative estimate of drug-likeness (QED) is 0.116. The molecule has 3 nitrogen and oxygen atoms in total. The Morgan fingerprint density at radius 1 is 0.411 bits per heavy atom. The fourth-order valence-electron chi connectivity index (χ4n) is 12.0. The predicted octanol–water partition coefficient (Wildman–Crippen LogP) is 18.5. The molecule has 0 heterocycles. The summed E-state index contributed by atoms with van der Waals surface area (Å²) >= 11 is 0. The number of hydrogen-bond acceptors (Lipinski definition) is 3. The van der Waals surface area contributed by atoms with Gasteiger partial charge in [-0.05, 0) is 166 Å². The van der Waals surface area contributed by atoms with Gasteiger partial charge in [0.2, 0.25) is 0 Å². The van der Waals surface area contributed by atoms with Crippen molar-refractivity contribution >= 4 is 34.6 Å².